The molecule has 1 spiro atoms. The fourth-order valence-corrected chi connectivity index (χ4v) is 5.12. The van der Waals surface area contributed by atoms with Gasteiger partial charge in [-0.05, 0) is 87.2 Å². The van der Waals surface area contributed by atoms with Crippen molar-refractivity contribution in [3.05, 3.63) is 29.1 Å². The van der Waals surface area contributed by atoms with Crippen LogP contribution in [0.2, 0.25) is 0 Å². The van der Waals surface area contributed by atoms with Crippen LogP contribution in [0.1, 0.15) is 93.0 Å². The predicted octanol–water partition coefficient (Wildman–Crippen LogP) is 5.38. The molecule has 1 heterocycles. The van der Waals surface area contributed by atoms with Gasteiger partial charge in [-0.3, -0.25) is 9.59 Å². The van der Waals surface area contributed by atoms with Crippen LogP contribution < -0.4 is 4.74 Å². The minimum absolute atomic E-state index is 0.155. The summed E-state index contributed by atoms with van der Waals surface area (Å²) in [5.41, 5.74) is 2.13. The summed E-state index contributed by atoms with van der Waals surface area (Å²) in [5, 5.41) is 6.89. The highest BCUT2D eigenvalue weighted by molar-refractivity contribution is 5.95. The molecule has 31 heavy (non-hydrogen) atoms. The molecule has 0 atom stereocenters. The molecule has 0 aromatic heterocycles. The van der Waals surface area contributed by atoms with Crippen molar-refractivity contribution in [2.75, 3.05) is 19.7 Å². The molecule has 1 amide bonds. The maximum Gasteiger partial charge on any atom is 0.290 e. The van der Waals surface area contributed by atoms with E-state index >= 15 is 0 Å². The van der Waals surface area contributed by atoms with Crippen LogP contribution in [-0.4, -0.2) is 42.1 Å². The number of carbonyl (C=O) groups excluding carboxylic acids is 1. The normalized spacial score (nSPS) is 23.1. The fourth-order valence-electron chi connectivity index (χ4n) is 5.12. The average molecular weight is 432 g/mol. The first-order valence-electron chi connectivity index (χ1n) is 11.7. The molecular weight excluding hydrogens is 397 g/mol. The van der Waals surface area contributed by atoms with Gasteiger partial charge in [-0.15, -0.1) is 0 Å². The van der Waals surface area contributed by atoms with Crippen LogP contribution in [0.3, 0.4) is 0 Å². The Morgan fingerprint density at radius 1 is 1.16 bits per heavy atom. The summed E-state index contributed by atoms with van der Waals surface area (Å²) >= 11 is 0. The van der Waals surface area contributed by atoms with Crippen molar-refractivity contribution in [1.82, 2.24) is 4.90 Å². The van der Waals surface area contributed by atoms with Gasteiger partial charge < -0.3 is 14.7 Å². The van der Waals surface area contributed by atoms with Crippen LogP contribution >= 0.6 is 0 Å². The maximum atomic E-state index is 14.9. The molecule has 6 heteroatoms. The summed E-state index contributed by atoms with van der Waals surface area (Å²) in [7, 11) is 0. The Morgan fingerprint density at radius 2 is 1.74 bits per heavy atom. The number of hydrogen-bond acceptors (Lipinski definition) is 3. The molecule has 170 valence electrons. The van der Waals surface area contributed by atoms with Crippen molar-refractivity contribution < 1.29 is 23.8 Å². The average Bonchev–Trinajstić information content (AvgIpc) is 3.68. The third-order valence-corrected chi connectivity index (χ3v) is 7.79. The molecule has 1 N–H and O–H groups in total. The zero-order chi connectivity index (χ0) is 22.1. The molecule has 0 unspecified atom stereocenters. The molecule has 1 aromatic rings. The summed E-state index contributed by atoms with van der Waals surface area (Å²) in [6.45, 7) is 4.21. The Bertz CT molecular complexity index is 815. The second-order valence-electron chi connectivity index (χ2n) is 10.3. The molecule has 5 nitrogen and oxygen atoms in total. The van der Waals surface area contributed by atoms with Crippen LogP contribution in [0.4, 0.5) is 4.39 Å². The van der Waals surface area contributed by atoms with Crippen LogP contribution in [0.5, 0.6) is 5.75 Å². The van der Waals surface area contributed by atoms with Gasteiger partial charge in [0.2, 0.25) is 0 Å². The van der Waals surface area contributed by atoms with Crippen LogP contribution in [0, 0.1) is 16.6 Å². The number of ether oxygens (including phenoxy) is 1. The SMILES string of the molecule is CC1(COc2cc(F)c(C(=O)N3CCCC3)cc2C2CC2)CCC2(CC1)CC2.O=CO. The van der Waals surface area contributed by atoms with E-state index in [9.17, 15) is 9.18 Å². The third-order valence-electron chi connectivity index (χ3n) is 7.79. The van der Waals surface area contributed by atoms with Gasteiger partial charge in [-0.25, -0.2) is 4.39 Å². The zero-order valence-corrected chi connectivity index (χ0v) is 18.5. The summed E-state index contributed by atoms with van der Waals surface area (Å²) < 4.78 is 21.1. The fraction of sp³-hybridized carbons (Fsp3) is 0.680. The van der Waals surface area contributed by atoms with Crippen LogP contribution in [-0.2, 0) is 4.79 Å². The topological polar surface area (TPSA) is 66.8 Å². The van der Waals surface area contributed by atoms with Gasteiger partial charge in [-0.1, -0.05) is 6.92 Å². The Balaban J connectivity index is 0.000000730. The van der Waals surface area contributed by atoms with Crippen molar-refractivity contribution in [3.8, 4) is 5.75 Å². The van der Waals surface area contributed by atoms with Gasteiger partial charge in [0.1, 0.15) is 11.6 Å². The largest absolute Gasteiger partial charge is 0.493 e. The highest BCUT2D eigenvalue weighted by atomic mass is 19.1. The van der Waals surface area contributed by atoms with E-state index in [1.807, 2.05) is 0 Å². The van der Waals surface area contributed by atoms with E-state index in [1.54, 1.807) is 11.0 Å². The van der Waals surface area contributed by atoms with Gasteiger partial charge in [0, 0.05) is 24.6 Å². The molecule has 4 aliphatic rings. The summed E-state index contributed by atoms with van der Waals surface area (Å²) in [6, 6.07) is 3.29. The van der Waals surface area contributed by atoms with Gasteiger partial charge in [0.25, 0.3) is 12.4 Å². The molecule has 0 radical (unpaired) electrons. The number of amides is 1. The third kappa shape index (κ3) is 5.04. The molecule has 3 aliphatic carbocycles. The lowest BCUT2D eigenvalue weighted by atomic mass is 9.71. The van der Waals surface area contributed by atoms with E-state index in [-0.39, 0.29) is 23.4 Å². The first-order chi connectivity index (χ1) is 14.9. The van der Waals surface area contributed by atoms with Crippen molar-refractivity contribution in [3.63, 3.8) is 0 Å². The Kier molecular flexibility index (Phi) is 6.27. The number of hydrogen-bond donors (Lipinski definition) is 1. The lowest BCUT2D eigenvalue weighted by Crippen LogP contribution is -2.31. The molecule has 3 saturated carbocycles. The van der Waals surface area contributed by atoms with E-state index in [2.05, 4.69) is 6.92 Å². The standard InChI is InChI=1S/C24H32FNO2.CH2O2/c1-23(6-8-24(9-7-23)10-11-24)16-28-21-15-20(25)19(14-18(21)17-4-5-17)22(27)26-12-2-3-13-26;2-1-3/h14-15,17H,2-13,16H2,1H3;1H,(H,2,3). The second kappa shape index (κ2) is 8.79. The minimum atomic E-state index is -0.429. The quantitative estimate of drug-likeness (QED) is 0.636. The summed E-state index contributed by atoms with van der Waals surface area (Å²) in [6.07, 6.45) is 12.1. The first-order valence-corrected chi connectivity index (χ1v) is 11.7. The van der Waals surface area contributed by atoms with Gasteiger partial charge >= 0.3 is 0 Å². The highest BCUT2D eigenvalue weighted by Gasteiger charge is 2.48. The molecule has 1 aromatic carbocycles. The molecular formula is C25H34FNO4. The van der Waals surface area contributed by atoms with E-state index in [0.29, 0.717) is 23.7 Å². The van der Waals surface area contributed by atoms with E-state index in [1.165, 1.54) is 44.6 Å². The molecule has 0 bridgehead atoms. The number of carbonyl (C=O) groups is 2. The molecule has 1 aliphatic heterocycles. The van der Waals surface area contributed by atoms with E-state index in [0.717, 1.165) is 44.3 Å². The molecule has 4 fully saturated rings. The first kappa shape index (κ1) is 22.1. The number of likely N-dealkylation sites (tertiary alicyclic amines) is 1. The summed E-state index contributed by atoms with van der Waals surface area (Å²) in [4.78, 5) is 22.9. The second-order valence-corrected chi connectivity index (χ2v) is 10.3. The van der Waals surface area contributed by atoms with E-state index in [4.69, 9.17) is 14.6 Å². The number of carboxylic acid groups (broad SMARTS) is 1. The Labute approximate surface area is 184 Å². The van der Waals surface area contributed by atoms with Crippen molar-refractivity contribution in [2.24, 2.45) is 10.8 Å². The number of benzene rings is 1. The maximum absolute atomic E-state index is 14.9. The smallest absolute Gasteiger partial charge is 0.290 e. The van der Waals surface area contributed by atoms with E-state index < -0.39 is 5.82 Å². The number of nitrogens with zero attached hydrogens (tertiary/aromatic N) is 1. The molecule has 5 rings (SSSR count). The Morgan fingerprint density at radius 3 is 2.29 bits per heavy atom. The lowest BCUT2D eigenvalue weighted by molar-refractivity contribution is -0.122. The Hall–Kier alpha value is -2.11. The minimum Gasteiger partial charge on any atom is -0.493 e. The highest BCUT2D eigenvalue weighted by Crippen LogP contribution is 2.59. The lowest BCUT2D eigenvalue weighted by Gasteiger charge is -2.37. The van der Waals surface area contributed by atoms with Gasteiger partial charge in [0.05, 0.1) is 12.2 Å². The molecule has 1 saturated heterocycles. The van der Waals surface area contributed by atoms with Gasteiger partial charge in [0.15, 0.2) is 0 Å². The zero-order valence-electron chi connectivity index (χ0n) is 18.5. The van der Waals surface area contributed by atoms with Gasteiger partial charge in [-0.2, -0.15) is 0 Å². The van der Waals surface area contributed by atoms with Crippen molar-refractivity contribution >= 4 is 12.4 Å². The number of rotatable bonds is 5. The predicted molar refractivity (Wildman–Crippen MR) is 116 cm³/mol. The number of halogens is 1. The van der Waals surface area contributed by atoms with Crippen molar-refractivity contribution in [2.45, 2.75) is 77.0 Å². The monoisotopic (exact) mass is 431 g/mol. The van der Waals surface area contributed by atoms with Crippen LogP contribution in [0.25, 0.3) is 0 Å². The summed E-state index contributed by atoms with van der Waals surface area (Å²) in [5.74, 6) is 0.514. The van der Waals surface area contributed by atoms with Crippen LogP contribution in [0.15, 0.2) is 12.1 Å². The van der Waals surface area contributed by atoms with Crippen molar-refractivity contribution in [1.29, 1.82) is 0 Å².